The number of hydrogen-bond acceptors (Lipinski definition) is 10. The molecule has 0 aliphatic rings. The number of nitrogens with zero attached hydrogens (tertiary/aromatic N) is 2. The van der Waals surface area contributed by atoms with E-state index >= 15 is 0 Å². The first-order valence-corrected chi connectivity index (χ1v) is 25.0. The van der Waals surface area contributed by atoms with E-state index in [2.05, 4.69) is 10.6 Å². The molecule has 16 nitrogen and oxygen atoms in total. The smallest absolute Gasteiger partial charge is 0.294 e. The standard InChI is InChI=1S/C52H46N4O12S2/c57-49(47(45-21-11-33-67-45)55(37-23-27-39(28-24-37)69(61,62)63)51(59)43-19-9-15-35-13-3-5-17-41(35)43)53-31-7-1-2-8-32-54-50(58)48(46-22-12-34-68-46)56(38-25-29-40(30-26-38)70(64,65)66)52(60)44-20-10-16-36-14-4-6-18-42(36)44/h3-6,9-30,33-34,47-48H,1-2,7-8,31-32H2,(H,53,57)(H,54,58)(H,61,62,63)(H,64,65,66). The summed E-state index contributed by atoms with van der Waals surface area (Å²) in [5.74, 6) is -2.01. The molecule has 18 heteroatoms. The molecule has 8 aromatic rings. The Kier molecular flexibility index (Phi) is 14.7. The lowest BCUT2D eigenvalue weighted by Crippen LogP contribution is -2.44. The summed E-state index contributed by atoms with van der Waals surface area (Å²) < 4.78 is 78.5. The largest absolute Gasteiger partial charge is 0.467 e. The molecule has 0 aliphatic carbocycles. The average molecular weight is 983 g/mol. The van der Waals surface area contributed by atoms with Gasteiger partial charge in [0.15, 0.2) is 12.1 Å². The van der Waals surface area contributed by atoms with Gasteiger partial charge >= 0.3 is 0 Å². The number of benzene rings is 6. The van der Waals surface area contributed by atoms with Crippen LogP contribution in [0.5, 0.6) is 0 Å². The third-order valence-electron chi connectivity index (χ3n) is 11.6. The molecular formula is C52H46N4O12S2. The molecule has 4 N–H and O–H groups in total. The van der Waals surface area contributed by atoms with E-state index in [4.69, 9.17) is 8.83 Å². The molecule has 0 aliphatic heterocycles. The van der Waals surface area contributed by atoms with Crippen LogP contribution >= 0.6 is 0 Å². The van der Waals surface area contributed by atoms with Crippen LogP contribution in [0.1, 0.15) is 70.0 Å². The Morgan fingerprint density at radius 1 is 0.457 bits per heavy atom. The Morgan fingerprint density at radius 3 is 1.19 bits per heavy atom. The fourth-order valence-electron chi connectivity index (χ4n) is 8.27. The highest BCUT2D eigenvalue weighted by Crippen LogP contribution is 2.35. The molecule has 0 radical (unpaired) electrons. The zero-order chi connectivity index (χ0) is 49.4. The van der Waals surface area contributed by atoms with Gasteiger partial charge in [0.2, 0.25) is 0 Å². The molecule has 70 heavy (non-hydrogen) atoms. The second-order valence-corrected chi connectivity index (χ2v) is 19.0. The molecule has 2 heterocycles. The van der Waals surface area contributed by atoms with Crippen LogP contribution in [0.25, 0.3) is 21.5 Å². The van der Waals surface area contributed by atoms with Crippen molar-refractivity contribution in [2.75, 3.05) is 22.9 Å². The number of furan rings is 2. The van der Waals surface area contributed by atoms with Crippen molar-refractivity contribution >= 4 is 76.8 Å². The van der Waals surface area contributed by atoms with Gasteiger partial charge in [0, 0.05) is 35.6 Å². The lowest BCUT2D eigenvalue weighted by atomic mass is 10.0. The zero-order valence-corrected chi connectivity index (χ0v) is 38.9. The molecule has 2 atom stereocenters. The fourth-order valence-corrected chi connectivity index (χ4v) is 9.23. The molecule has 0 bridgehead atoms. The Morgan fingerprint density at radius 2 is 0.829 bits per heavy atom. The highest BCUT2D eigenvalue weighted by molar-refractivity contribution is 7.86. The number of fused-ring (bicyclic) bond motifs is 2. The second-order valence-electron chi connectivity index (χ2n) is 16.2. The molecule has 4 amide bonds. The van der Waals surface area contributed by atoms with Crippen molar-refractivity contribution in [2.24, 2.45) is 0 Å². The van der Waals surface area contributed by atoms with Crippen LogP contribution in [0.3, 0.4) is 0 Å². The van der Waals surface area contributed by atoms with Crippen molar-refractivity contribution in [3.63, 3.8) is 0 Å². The quantitative estimate of drug-likeness (QED) is 0.0439. The SMILES string of the molecule is O=C(NCCCCCCNC(=O)C(c1ccco1)N(C(=O)c1cccc2ccccc12)c1ccc(S(=O)(=O)O)cc1)C(c1ccco1)N(C(=O)c1cccc2ccccc12)c1ccc(S(=O)(=O)O)cc1. The van der Waals surface area contributed by atoms with Crippen LogP contribution < -0.4 is 20.4 Å². The van der Waals surface area contributed by atoms with E-state index in [0.29, 0.717) is 36.5 Å². The Labute approximate surface area is 403 Å². The van der Waals surface area contributed by atoms with Gasteiger partial charge in [-0.2, -0.15) is 16.8 Å². The van der Waals surface area contributed by atoms with Crippen LogP contribution in [0.2, 0.25) is 0 Å². The molecule has 358 valence electrons. The number of anilines is 2. The first-order chi connectivity index (χ1) is 33.7. The third-order valence-corrected chi connectivity index (χ3v) is 13.4. The lowest BCUT2D eigenvalue weighted by Gasteiger charge is -2.30. The van der Waals surface area contributed by atoms with Gasteiger partial charge in [0.1, 0.15) is 11.5 Å². The minimum atomic E-state index is -4.57. The predicted molar refractivity (Wildman–Crippen MR) is 261 cm³/mol. The number of hydrogen-bond donors (Lipinski definition) is 4. The van der Waals surface area contributed by atoms with E-state index in [1.54, 1.807) is 72.8 Å². The van der Waals surface area contributed by atoms with Crippen molar-refractivity contribution in [1.29, 1.82) is 0 Å². The highest BCUT2D eigenvalue weighted by Gasteiger charge is 2.38. The van der Waals surface area contributed by atoms with Crippen molar-refractivity contribution in [2.45, 2.75) is 47.6 Å². The monoisotopic (exact) mass is 982 g/mol. The minimum Gasteiger partial charge on any atom is -0.467 e. The number of amides is 4. The molecule has 0 saturated heterocycles. The van der Waals surface area contributed by atoms with Crippen molar-refractivity contribution < 1.29 is 54.0 Å². The first-order valence-electron chi connectivity index (χ1n) is 22.1. The number of nitrogens with one attached hydrogen (secondary N) is 2. The summed E-state index contributed by atoms with van der Waals surface area (Å²) in [6.07, 6.45) is 4.99. The molecule has 6 aromatic carbocycles. The third kappa shape index (κ3) is 10.8. The van der Waals surface area contributed by atoms with Gasteiger partial charge < -0.3 is 19.5 Å². The number of rotatable bonds is 19. The van der Waals surface area contributed by atoms with Gasteiger partial charge in [0.25, 0.3) is 43.9 Å². The molecule has 0 saturated carbocycles. The molecule has 2 aromatic heterocycles. The van der Waals surface area contributed by atoms with Gasteiger partial charge in [-0.15, -0.1) is 0 Å². The van der Waals surface area contributed by atoms with Gasteiger partial charge in [-0.1, -0.05) is 85.6 Å². The van der Waals surface area contributed by atoms with Crippen LogP contribution in [0.15, 0.2) is 189 Å². The summed E-state index contributed by atoms with van der Waals surface area (Å²) in [6.45, 7) is 0.394. The van der Waals surface area contributed by atoms with E-state index in [9.17, 15) is 45.1 Å². The fraction of sp³-hybridized carbons (Fsp3) is 0.154. The summed E-state index contributed by atoms with van der Waals surface area (Å²) in [4.78, 5) is 59.5. The molecular weight excluding hydrogens is 937 g/mol. The van der Waals surface area contributed by atoms with E-state index < -0.39 is 65.7 Å². The maximum Gasteiger partial charge on any atom is 0.294 e. The predicted octanol–water partition coefficient (Wildman–Crippen LogP) is 8.94. The highest BCUT2D eigenvalue weighted by atomic mass is 32.2. The lowest BCUT2D eigenvalue weighted by molar-refractivity contribution is -0.123. The van der Waals surface area contributed by atoms with E-state index in [0.717, 1.165) is 35.0 Å². The Balaban J connectivity index is 0.948. The molecule has 2 unspecified atom stereocenters. The van der Waals surface area contributed by atoms with Crippen LogP contribution in [0, 0.1) is 0 Å². The Hall–Kier alpha value is -7.90. The van der Waals surface area contributed by atoms with Crippen LogP contribution in [0.4, 0.5) is 11.4 Å². The van der Waals surface area contributed by atoms with E-state index in [1.165, 1.54) is 46.6 Å². The van der Waals surface area contributed by atoms with Gasteiger partial charge in [0.05, 0.1) is 22.3 Å². The van der Waals surface area contributed by atoms with Gasteiger partial charge in [-0.3, -0.25) is 38.1 Å². The zero-order valence-electron chi connectivity index (χ0n) is 37.3. The van der Waals surface area contributed by atoms with Gasteiger partial charge in [-0.05, 0) is 119 Å². The van der Waals surface area contributed by atoms with E-state index in [1.807, 2.05) is 36.4 Å². The summed E-state index contributed by atoms with van der Waals surface area (Å²) in [5, 5.41) is 8.66. The minimum absolute atomic E-state index is 0.140. The second kappa shape index (κ2) is 21.2. The summed E-state index contributed by atoms with van der Waals surface area (Å²) in [7, 11) is -9.13. The summed E-state index contributed by atoms with van der Waals surface area (Å²) >= 11 is 0. The first kappa shape index (κ1) is 48.6. The van der Waals surface area contributed by atoms with Crippen molar-refractivity contribution in [3.05, 3.63) is 193 Å². The van der Waals surface area contributed by atoms with Crippen LogP contribution in [-0.2, 0) is 29.8 Å². The maximum absolute atomic E-state index is 14.7. The summed E-state index contributed by atoms with van der Waals surface area (Å²) in [6, 6.07) is 38.4. The van der Waals surface area contributed by atoms with Crippen molar-refractivity contribution in [3.8, 4) is 0 Å². The molecule has 0 spiro atoms. The average Bonchev–Trinajstić information content (AvgIpc) is 4.10. The Bertz CT molecular complexity index is 3140. The van der Waals surface area contributed by atoms with Gasteiger partial charge in [-0.25, -0.2) is 0 Å². The topological polar surface area (TPSA) is 234 Å². The van der Waals surface area contributed by atoms with Crippen molar-refractivity contribution in [1.82, 2.24) is 10.6 Å². The molecule has 8 rings (SSSR count). The van der Waals surface area contributed by atoms with Crippen LogP contribution in [-0.4, -0.2) is 62.7 Å². The number of unbranched alkanes of at least 4 members (excludes halogenated alkanes) is 3. The number of carbonyl (C=O) groups is 4. The number of carbonyl (C=O) groups excluding carboxylic acids is 4. The maximum atomic E-state index is 14.7. The van der Waals surface area contributed by atoms with E-state index in [-0.39, 0.29) is 47.1 Å². The summed E-state index contributed by atoms with van der Waals surface area (Å²) in [5.41, 5.74) is 0.883. The normalized spacial score (nSPS) is 12.5. The molecule has 0 fully saturated rings.